The number of imidazole rings is 1. The third-order valence-corrected chi connectivity index (χ3v) is 3.43. The van der Waals surface area contributed by atoms with Crippen molar-refractivity contribution < 1.29 is 4.39 Å². The van der Waals surface area contributed by atoms with Gasteiger partial charge in [0.1, 0.15) is 23.2 Å². The maximum Gasteiger partial charge on any atom is 0.132 e. The summed E-state index contributed by atoms with van der Waals surface area (Å²) in [5.74, 6) is 0.940. The summed E-state index contributed by atoms with van der Waals surface area (Å²) in [5.41, 5.74) is 6.87. The van der Waals surface area contributed by atoms with Crippen LogP contribution in [0.25, 0.3) is 11.3 Å². The van der Waals surface area contributed by atoms with Gasteiger partial charge in [-0.15, -0.1) is 0 Å². The monoisotopic (exact) mass is 325 g/mol. The Labute approximate surface area is 120 Å². The highest BCUT2D eigenvalue weighted by Gasteiger charge is 2.23. The summed E-state index contributed by atoms with van der Waals surface area (Å²) in [6, 6.07) is 4.76. The molecule has 0 saturated heterocycles. The van der Waals surface area contributed by atoms with E-state index < -0.39 is 0 Å². The number of halogens is 2. The molecule has 1 aromatic carbocycles. The molecule has 0 aliphatic carbocycles. The maximum atomic E-state index is 13.9. The normalized spacial score (nSPS) is 11.9. The molecule has 5 heteroatoms. The lowest BCUT2D eigenvalue weighted by Crippen LogP contribution is -2.24. The summed E-state index contributed by atoms with van der Waals surface area (Å²) in [4.78, 5) is 4.43. The number of rotatable bonds is 1. The van der Waals surface area contributed by atoms with Crippen LogP contribution in [-0.2, 0) is 5.54 Å². The number of hydrogen-bond acceptors (Lipinski definition) is 2. The first-order valence-corrected chi connectivity index (χ1v) is 6.82. The van der Waals surface area contributed by atoms with Gasteiger partial charge in [-0.2, -0.15) is 0 Å². The van der Waals surface area contributed by atoms with Crippen molar-refractivity contribution in [2.45, 2.75) is 33.2 Å². The van der Waals surface area contributed by atoms with E-state index in [0.717, 1.165) is 10.3 Å². The Morgan fingerprint density at radius 2 is 1.95 bits per heavy atom. The van der Waals surface area contributed by atoms with Crippen molar-refractivity contribution in [1.29, 1.82) is 0 Å². The molecular formula is C14H17BrFN3. The Bertz CT molecular complexity index is 626. The van der Waals surface area contributed by atoms with Crippen LogP contribution in [0.2, 0.25) is 0 Å². The zero-order chi connectivity index (χ0) is 14.4. The third kappa shape index (κ3) is 2.52. The third-order valence-electron chi connectivity index (χ3n) is 2.94. The number of anilines is 1. The highest BCUT2D eigenvalue weighted by Crippen LogP contribution is 2.33. The van der Waals surface area contributed by atoms with E-state index in [1.807, 2.05) is 32.3 Å². The Morgan fingerprint density at radius 3 is 2.47 bits per heavy atom. The zero-order valence-corrected chi connectivity index (χ0v) is 13.0. The van der Waals surface area contributed by atoms with Crippen molar-refractivity contribution in [2.75, 3.05) is 5.73 Å². The molecule has 0 amide bonds. The summed E-state index contributed by atoms with van der Waals surface area (Å²) in [6.45, 7) is 8.00. The largest absolute Gasteiger partial charge is 0.383 e. The first kappa shape index (κ1) is 14.1. The number of hydrogen-bond donors (Lipinski definition) is 1. The van der Waals surface area contributed by atoms with Gasteiger partial charge >= 0.3 is 0 Å². The first-order valence-electron chi connectivity index (χ1n) is 6.02. The van der Waals surface area contributed by atoms with Crippen LogP contribution in [-0.4, -0.2) is 9.55 Å². The molecule has 0 unspecified atom stereocenters. The number of aryl methyl sites for hydroxylation is 1. The van der Waals surface area contributed by atoms with Crippen molar-refractivity contribution in [2.24, 2.45) is 0 Å². The molecular weight excluding hydrogens is 309 g/mol. The van der Waals surface area contributed by atoms with E-state index in [4.69, 9.17) is 5.73 Å². The van der Waals surface area contributed by atoms with Crippen LogP contribution < -0.4 is 5.73 Å². The Kier molecular flexibility index (Phi) is 3.43. The molecule has 2 rings (SSSR count). The highest BCUT2D eigenvalue weighted by molar-refractivity contribution is 9.10. The van der Waals surface area contributed by atoms with Crippen LogP contribution >= 0.6 is 15.9 Å². The summed E-state index contributed by atoms with van der Waals surface area (Å²) in [6.07, 6.45) is 0. The molecule has 0 spiro atoms. The van der Waals surface area contributed by atoms with E-state index in [1.165, 1.54) is 6.07 Å². The molecule has 0 fully saturated rings. The average Bonchev–Trinajstić information content (AvgIpc) is 2.57. The zero-order valence-electron chi connectivity index (χ0n) is 11.5. The number of nitrogens with zero attached hydrogens (tertiary/aromatic N) is 2. The second kappa shape index (κ2) is 4.63. The fourth-order valence-electron chi connectivity index (χ4n) is 2.27. The molecule has 102 valence electrons. The molecule has 0 saturated carbocycles. The molecule has 0 atom stereocenters. The Morgan fingerprint density at radius 1 is 1.32 bits per heavy atom. The van der Waals surface area contributed by atoms with Crippen molar-refractivity contribution in [3.8, 4) is 11.3 Å². The van der Waals surface area contributed by atoms with Crippen LogP contribution in [0.15, 0.2) is 22.7 Å². The lowest BCUT2D eigenvalue weighted by Gasteiger charge is -2.24. The molecule has 2 N–H and O–H groups in total. The smallest absolute Gasteiger partial charge is 0.132 e. The fraction of sp³-hybridized carbons (Fsp3) is 0.357. The van der Waals surface area contributed by atoms with Gasteiger partial charge in [-0.3, -0.25) is 0 Å². The molecule has 0 bridgehead atoms. The van der Waals surface area contributed by atoms with Crippen molar-refractivity contribution >= 4 is 21.7 Å². The molecule has 0 aliphatic heterocycles. The molecule has 1 aromatic heterocycles. The van der Waals surface area contributed by atoms with E-state index in [2.05, 4.69) is 20.9 Å². The van der Waals surface area contributed by atoms with E-state index in [0.29, 0.717) is 17.1 Å². The topological polar surface area (TPSA) is 43.8 Å². The quantitative estimate of drug-likeness (QED) is 0.857. The van der Waals surface area contributed by atoms with Gasteiger partial charge in [0.05, 0.1) is 0 Å². The number of benzene rings is 1. The standard InChI is InChI=1S/C14H17BrFN3/c1-8-18-12(13(17)19(8)14(2,3)4)10-7-9(15)5-6-11(10)16/h5-7H,17H2,1-4H3. The molecule has 19 heavy (non-hydrogen) atoms. The van der Waals surface area contributed by atoms with Gasteiger partial charge in [0.15, 0.2) is 0 Å². The van der Waals surface area contributed by atoms with E-state index in [1.54, 1.807) is 12.1 Å². The number of nitrogen functional groups attached to an aromatic ring is 1. The molecule has 0 radical (unpaired) electrons. The van der Waals surface area contributed by atoms with Crippen molar-refractivity contribution in [1.82, 2.24) is 9.55 Å². The van der Waals surface area contributed by atoms with Gasteiger partial charge in [-0.1, -0.05) is 15.9 Å². The van der Waals surface area contributed by atoms with Crippen LogP contribution in [0.4, 0.5) is 10.2 Å². The van der Waals surface area contributed by atoms with E-state index in [-0.39, 0.29) is 11.4 Å². The SMILES string of the molecule is Cc1nc(-c2cc(Br)ccc2F)c(N)n1C(C)(C)C. The maximum absolute atomic E-state index is 13.9. The van der Waals surface area contributed by atoms with Gasteiger partial charge in [0.2, 0.25) is 0 Å². The average molecular weight is 326 g/mol. The highest BCUT2D eigenvalue weighted by atomic mass is 79.9. The van der Waals surface area contributed by atoms with Crippen LogP contribution in [0.5, 0.6) is 0 Å². The van der Waals surface area contributed by atoms with E-state index >= 15 is 0 Å². The van der Waals surface area contributed by atoms with Gasteiger partial charge in [0.25, 0.3) is 0 Å². The number of nitrogens with two attached hydrogens (primary N) is 1. The van der Waals surface area contributed by atoms with Gasteiger partial charge < -0.3 is 10.3 Å². The molecule has 1 heterocycles. The van der Waals surface area contributed by atoms with Crippen molar-refractivity contribution in [3.05, 3.63) is 34.3 Å². The lowest BCUT2D eigenvalue weighted by atomic mass is 10.1. The molecule has 0 aliphatic rings. The first-order chi connectivity index (χ1) is 8.71. The second-order valence-electron chi connectivity index (χ2n) is 5.52. The van der Waals surface area contributed by atoms with E-state index in [9.17, 15) is 4.39 Å². The van der Waals surface area contributed by atoms with Crippen LogP contribution in [0, 0.1) is 12.7 Å². The predicted octanol–water partition coefficient (Wildman–Crippen LogP) is 4.10. The predicted molar refractivity (Wildman–Crippen MR) is 79.5 cm³/mol. The minimum atomic E-state index is -0.326. The fourth-order valence-corrected chi connectivity index (χ4v) is 2.63. The van der Waals surface area contributed by atoms with Gasteiger partial charge in [-0.25, -0.2) is 9.37 Å². The summed E-state index contributed by atoms with van der Waals surface area (Å²) in [5, 5.41) is 0. The van der Waals surface area contributed by atoms with Crippen molar-refractivity contribution in [3.63, 3.8) is 0 Å². The minimum Gasteiger partial charge on any atom is -0.383 e. The molecule has 2 aromatic rings. The lowest BCUT2D eigenvalue weighted by molar-refractivity contribution is 0.393. The number of aromatic nitrogens is 2. The second-order valence-corrected chi connectivity index (χ2v) is 6.44. The summed E-state index contributed by atoms with van der Waals surface area (Å²) < 4.78 is 16.7. The van der Waals surface area contributed by atoms with Crippen LogP contribution in [0.3, 0.4) is 0 Å². The van der Waals surface area contributed by atoms with Gasteiger partial charge in [-0.05, 0) is 45.9 Å². The summed E-state index contributed by atoms with van der Waals surface area (Å²) in [7, 11) is 0. The Hall–Kier alpha value is -1.36. The molecule has 3 nitrogen and oxygen atoms in total. The Balaban J connectivity index is 2.68. The summed E-state index contributed by atoms with van der Waals surface area (Å²) >= 11 is 3.34. The van der Waals surface area contributed by atoms with Crippen LogP contribution in [0.1, 0.15) is 26.6 Å². The minimum absolute atomic E-state index is 0.193. The van der Waals surface area contributed by atoms with Gasteiger partial charge in [0, 0.05) is 15.6 Å².